The lowest BCUT2D eigenvalue weighted by atomic mass is 10.2. The Morgan fingerprint density at radius 1 is 1.35 bits per heavy atom. The number of nitrogens with zero attached hydrogens (tertiary/aromatic N) is 1. The molecule has 0 aliphatic heterocycles. The molecule has 3 rings (SSSR count). The monoisotopic (exact) mass is 289 g/mol. The van der Waals surface area contributed by atoms with Crippen molar-refractivity contribution in [3.05, 3.63) is 57.6 Å². The van der Waals surface area contributed by atoms with Gasteiger partial charge in [-0.25, -0.2) is 4.79 Å². The number of aromatic nitrogens is 1. The Labute approximate surface area is 118 Å². The van der Waals surface area contributed by atoms with E-state index in [0.717, 1.165) is 10.2 Å². The maximum atomic E-state index is 12.0. The SMILES string of the molecule is COC(=O)c1ccoc1Cn1c(=O)sc2ccccc21. The number of esters is 1. The van der Waals surface area contributed by atoms with Crippen molar-refractivity contribution in [3.8, 4) is 0 Å². The Hall–Kier alpha value is -2.34. The first-order chi connectivity index (χ1) is 9.70. The van der Waals surface area contributed by atoms with Crippen LogP contribution in [0.1, 0.15) is 16.1 Å². The molecule has 0 atom stereocenters. The van der Waals surface area contributed by atoms with Crippen LogP contribution in [0.2, 0.25) is 0 Å². The number of ether oxygens (including phenoxy) is 1. The van der Waals surface area contributed by atoms with Crippen LogP contribution in [0.5, 0.6) is 0 Å². The Kier molecular flexibility index (Phi) is 3.15. The van der Waals surface area contributed by atoms with Gasteiger partial charge in [0.2, 0.25) is 0 Å². The molecular weight excluding hydrogens is 278 g/mol. The zero-order chi connectivity index (χ0) is 14.1. The summed E-state index contributed by atoms with van der Waals surface area (Å²) in [6.45, 7) is 0.209. The average molecular weight is 289 g/mol. The molecule has 20 heavy (non-hydrogen) atoms. The second-order valence-corrected chi connectivity index (χ2v) is 5.16. The first kappa shape index (κ1) is 12.7. The quantitative estimate of drug-likeness (QED) is 0.695. The van der Waals surface area contributed by atoms with Gasteiger partial charge in [0.1, 0.15) is 11.3 Å². The van der Waals surface area contributed by atoms with Gasteiger partial charge in [0, 0.05) is 0 Å². The summed E-state index contributed by atoms with van der Waals surface area (Å²) in [6.07, 6.45) is 1.42. The van der Waals surface area contributed by atoms with Crippen LogP contribution in [0.15, 0.2) is 45.8 Å². The zero-order valence-electron chi connectivity index (χ0n) is 10.7. The highest BCUT2D eigenvalue weighted by Gasteiger charge is 2.17. The first-order valence-corrected chi connectivity index (χ1v) is 6.75. The van der Waals surface area contributed by atoms with Crippen LogP contribution >= 0.6 is 11.3 Å². The lowest BCUT2D eigenvalue weighted by Crippen LogP contribution is -2.15. The zero-order valence-corrected chi connectivity index (χ0v) is 11.5. The molecule has 0 radical (unpaired) electrons. The van der Waals surface area contributed by atoms with E-state index in [1.165, 1.54) is 24.7 Å². The molecule has 2 heterocycles. The summed E-state index contributed by atoms with van der Waals surface area (Å²) in [6, 6.07) is 9.06. The van der Waals surface area contributed by atoms with Gasteiger partial charge in [0.25, 0.3) is 0 Å². The van der Waals surface area contributed by atoms with Crippen LogP contribution in [0.4, 0.5) is 0 Å². The smallest absolute Gasteiger partial charge is 0.341 e. The maximum Gasteiger partial charge on any atom is 0.341 e. The second-order valence-electron chi connectivity index (χ2n) is 4.17. The van der Waals surface area contributed by atoms with Crippen molar-refractivity contribution < 1.29 is 13.9 Å². The number of rotatable bonds is 3. The Balaban J connectivity index is 2.06. The summed E-state index contributed by atoms with van der Waals surface area (Å²) in [5.41, 5.74) is 1.17. The predicted octanol–water partition coefficient (Wildman–Crippen LogP) is 2.49. The predicted molar refractivity (Wildman–Crippen MR) is 75.2 cm³/mol. The van der Waals surface area contributed by atoms with E-state index in [2.05, 4.69) is 4.74 Å². The van der Waals surface area contributed by atoms with Gasteiger partial charge in [-0.3, -0.25) is 9.36 Å². The molecule has 0 aliphatic rings. The fraction of sp³-hybridized carbons (Fsp3) is 0.143. The molecule has 0 aliphatic carbocycles. The summed E-state index contributed by atoms with van der Waals surface area (Å²) in [4.78, 5) is 23.6. The molecule has 102 valence electrons. The van der Waals surface area contributed by atoms with Gasteiger partial charge in [0.05, 0.1) is 30.1 Å². The first-order valence-electron chi connectivity index (χ1n) is 5.94. The van der Waals surface area contributed by atoms with Crippen LogP contribution in [0, 0.1) is 0 Å². The average Bonchev–Trinajstić information content (AvgIpc) is 3.04. The van der Waals surface area contributed by atoms with Gasteiger partial charge in [0.15, 0.2) is 0 Å². The van der Waals surface area contributed by atoms with Crippen LogP contribution in [-0.4, -0.2) is 17.6 Å². The summed E-state index contributed by atoms with van der Waals surface area (Å²) >= 11 is 1.17. The van der Waals surface area contributed by atoms with Crippen molar-refractivity contribution in [2.75, 3.05) is 7.11 Å². The molecule has 0 saturated heterocycles. The third-order valence-corrected chi connectivity index (χ3v) is 3.99. The molecule has 3 aromatic rings. The van der Waals surface area contributed by atoms with Gasteiger partial charge in [-0.2, -0.15) is 0 Å². The molecular formula is C14H11NO4S. The van der Waals surface area contributed by atoms with E-state index in [1.54, 1.807) is 10.6 Å². The molecule has 5 nitrogen and oxygen atoms in total. The summed E-state index contributed by atoms with van der Waals surface area (Å²) < 4.78 is 12.5. The lowest BCUT2D eigenvalue weighted by Gasteiger charge is -2.03. The number of carbonyl (C=O) groups is 1. The minimum absolute atomic E-state index is 0.0848. The molecule has 2 aromatic heterocycles. The number of fused-ring (bicyclic) bond motifs is 1. The Morgan fingerprint density at radius 3 is 2.95 bits per heavy atom. The number of hydrogen-bond donors (Lipinski definition) is 0. The van der Waals surface area contributed by atoms with Crippen molar-refractivity contribution in [2.24, 2.45) is 0 Å². The summed E-state index contributed by atoms with van der Waals surface area (Å²) in [5.74, 6) is -0.0520. The summed E-state index contributed by atoms with van der Waals surface area (Å²) in [5, 5.41) is 0. The number of thiazole rings is 1. The fourth-order valence-corrected chi connectivity index (χ4v) is 2.95. The van der Waals surface area contributed by atoms with Crippen molar-refractivity contribution in [1.29, 1.82) is 0 Å². The van der Waals surface area contributed by atoms with E-state index < -0.39 is 5.97 Å². The standard InChI is InChI=1S/C14H11NO4S/c1-18-13(16)9-6-7-19-11(9)8-15-10-4-2-3-5-12(10)20-14(15)17/h2-7H,8H2,1H3. The topological polar surface area (TPSA) is 61.4 Å². The van der Waals surface area contributed by atoms with Crippen molar-refractivity contribution in [2.45, 2.75) is 6.54 Å². The minimum atomic E-state index is -0.471. The second kappa shape index (κ2) is 4.97. The lowest BCUT2D eigenvalue weighted by molar-refractivity contribution is 0.0598. The van der Waals surface area contributed by atoms with Crippen molar-refractivity contribution in [1.82, 2.24) is 4.57 Å². The molecule has 1 aromatic carbocycles. The highest BCUT2D eigenvalue weighted by molar-refractivity contribution is 7.16. The fourth-order valence-electron chi connectivity index (χ4n) is 2.06. The van der Waals surface area contributed by atoms with Crippen LogP contribution in [0.25, 0.3) is 10.2 Å². The van der Waals surface area contributed by atoms with Gasteiger partial charge in [-0.05, 0) is 18.2 Å². The van der Waals surface area contributed by atoms with Crippen LogP contribution < -0.4 is 4.87 Å². The summed E-state index contributed by atoms with van der Waals surface area (Å²) in [7, 11) is 1.31. The highest BCUT2D eigenvalue weighted by atomic mass is 32.1. The molecule has 0 unspecified atom stereocenters. The van der Waals surface area contributed by atoms with Crippen molar-refractivity contribution in [3.63, 3.8) is 0 Å². The number of hydrogen-bond acceptors (Lipinski definition) is 5. The highest BCUT2D eigenvalue weighted by Crippen LogP contribution is 2.19. The van der Waals surface area contributed by atoms with Crippen LogP contribution in [0.3, 0.4) is 0 Å². The molecule has 0 amide bonds. The van der Waals surface area contributed by atoms with Crippen molar-refractivity contribution >= 4 is 27.5 Å². The van der Waals surface area contributed by atoms with Gasteiger partial charge < -0.3 is 9.15 Å². The van der Waals surface area contributed by atoms with E-state index in [4.69, 9.17) is 4.42 Å². The minimum Gasteiger partial charge on any atom is -0.467 e. The molecule has 0 saturated carbocycles. The number of benzene rings is 1. The van der Waals surface area contributed by atoms with Gasteiger partial charge in [-0.1, -0.05) is 23.5 Å². The van der Waals surface area contributed by atoms with Crippen LogP contribution in [-0.2, 0) is 11.3 Å². The molecule has 6 heteroatoms. The molecule has 0 spiro atoms. The van der Waals surface area contributed by atoms with Gasteiger partial charge in [-0.15, -0.1) is 0 Å². The molecule has 0 bridgehead atoms. The number of furan rings is 1. The number of para-hydroxylation sites is 1. The number of carbonyl (C=O) groups excluding carboxylic acids is 1. The Bertz CT molecular complexity index is 827. The third kappa shape index (κ3) is 2.04. The Morgan fingerprint density at radius 2 is 2.15 bits per heavy atom. The van der Waals surface area contributed by atoms with E-state index >= 15 is 0 Å². The largest absolute Gasteiger partial charge is 0.467 e. The van der Waals surface area contributed by atoms with Gasteiger partial charge >= 0.3 is 10.8 Å². The van der Waals surface area contributed by atoms with E-state index in [9.17, 15) is 9.59 Å². The number of methoxy groups -OCH3 is 1. The van der Waals surface area contributed by atoms with E-state index in [0.29, 0.717) is 11.3 Å². The van der Waals surface area contributed by atoms with E-state index in [-0.39, 0.29) is 11.4 Å². The molecule has 0 fully saturated rings. The molecule has 0 N–H and O–H groups in total. The third-order valence-electron chi connectivity index (χ3n) is 3.03. The normalized spacial score (nSPS) is 10.8. The maximum absolute atomic E-state index is 12.0. The van der Waals surface area contributed by atoms with E-state index in [1.807, 2.05) is 24.3 Å².